The Balaban J connectivity index is 1.22. The maximum atomic E-state index is 12.8. The second-order valence-electron chi connectivity index (χ2n) is 10.8. The van der Waals surface area contributed by atoms with Gasteiger partial charge in [-0.2, -0.15) is 0 Å². The molecule has 0 unspecified atom stereocenters. The van der Waals surface area contributed by atoms with Crippen molar-refractivity contribution in [3.05, 3.63) is 102 Å². The minimum Gasteiger partial charge on any atom is -0.369 e. The first kappa shape index (κ1) is 27.3. The lowest BCUT2D eigenvalue weighted by Gasteiger charge is -2.36. The first-order valence-corrected chi connectivity index (χ1v) is 13.5. The minimum atomic E-state index is -0.429. The van der Waals surface area contributed by atoms with Crippen LogP contribution in [0, 0.1) is 0 Å². The number of anilines is 1. The first-order chi connectivity index (χ1) is 18.2. The van der Waals surface area contributed by atoms with Crippen molar-refractivity contribution in [3.63, 3.8) is 0 Å². The van der Waals surface area contributed by atoms with E-state index in [1.165, 1.54) is 16.8 Å². The molecule has 2 aromatic carbocycles. The maximum absolute atomic E-state index is 12.8. The van der Waals surface area contributed by atoms with Gasteiger partial charge in [-0.05, 0) is 61.2 Å². The summed E-state index contributed by atoms with van der Waals surface area (Å²) in [5.41, 5.74) is 6.44. The van der Waals surface area contributed by atoms with Crippen molar-refractivity contribution in [2.24, 2.45) is 7.05 Å². The Morgan fingerprint density at radius 3 is 2.24 bits per heavy atom. The van der Waals surface area contributed by atoms with Gasteiger partial charge in [0.25, 0.3) is 0 Å². The van der Waals surface area contributed by atoms with Gasteiger partial charge in [-0.3, -0.25) is 9.69 Å². The zero-order valence-electron chi connectivity index (χ0n) is 23.3. The lowest BCUT2D eigenvalue weighted by Crippen LogP contribution is -2.48. The predicted octanol–water partition coefficient (Wildman–Crippen LogP) is 5.28. The van der Waals surface area contributed by atoms with Gasteiger partial charge >= 0.3 is 0 Å². The standard InChI is InChI=1S/C33H40N4O/c1-26(2)29-7-6-8-30(25-29)33(3,4)34-32(38)17-20-36-21-23-37(24-22-36)31-13-11-27(12-14-31)9-10-28-15-18-35(5)19-16-28/h6-16,18-19,25H,1,17,20-24H2,2-5H3/p+1. The monoisotopic (exact) mass is 509 g/mol. The smallest absolute Gasteiger partial charge is 0.221 e. The van der Waals surface area contributed by atoms with Crippen LogP contribution in [0.15, 0.2) is 79.6 Å². The molecule has 0 bridgehead atoms. The molecule has 1 N–H and O–H groups in total. The third kappa shape index (κ3) is 7.42. The van der Waals surface area contributed by atoms with Gasteiger partial charge in [0.05, 0.1) is 5.54 Å². The van der Waals surface area contributed by atoms with Crippen LogP contribution in [-0.4, -0.2) is 43.5 Å². The van der Waals surface area contributed by atoms with Gasteiger partial charge in [-0.1, -0.05) is 54.6 Å². The molecule has 5 nitrogen and oxygen atoms in total. The fraction of sp³-hybridized carbons (Fsp3) is 0.333. The fourth-order valence-corrected chi connectivity index (χ4v) is 4.76. The van der Waals surface area contributed by atoms with E-state index in [0.29, 0.717) is 6.42 Å². The Morgan fingerprint density at radius 1 is 0.974 bits per heavy atom. The van der Waals surface area contributed by atoms with Crippen LogP contribution in [0.25, 0.3) is 17.7 Å². The number of nitrogens with one attached hydrogen (secondary N) is 1. The van der Waals surface area contributed by atoms with E-state index < -0.39 is 5.54 Å². The van der Waals surface area contributed by atoms with E-state index in [9.17, 15) is 4.79 Å². The number of hydrogen-bond acceptors (Lipinski definition) is 3. The second kappa shape index (κ2) is 12.2. The molecule has 198 valence electrons. The van der Waals surface area contributed by atoms with E-state index in [0.717, 1.165) is 49.4 Å². The molecular weight excluding hydrogens is 468 g/mol. The molecule has 5 heteroatoms. The van der Waals surface area contributed by atoms with E-state index in [2.05, 4.69) is 115 Å². The van der Waals surface area contributed by atoms with Crippen molar-refractivity contribution in [1.29, 1.82) is 0 Å². The molecule has 1 fully saturated rings. The molecule has 1 amide bonds. The van der Waals surface area contributed by atoms with Crippen LogP contribution in [0.3, 0.4) is 0 Å². The number of carbonyl (C=O) groups excluding carboxylic acids is 1. The van der Waals surface area contributed by atoms with Crippen LogP contribution in [0.5, 0.6) is 0 Å². The quantitative estimate of drug-likeness (QED) is 0.399. The van der Waals surface area contributed by atoms with Gasteiger partial charge in [0.15, 0.2) is 12.4 Å². The van der Waals surface area contributed by atoms with Gasteiger partial charge in [0, 0.05) is 57.0 Å². The van der Waals surface area contributed by atoms with Crippen molar-refractivity contribution in [1.82, 2.24) is 10.2 Å². The zero-order chi connectivity index (χ0) is 27.1. The molecule has 0 radical (unpaired) electrons. The molecule has 1 aromatic heterocycles. The van der Waals surface area contributed by atoms with Gasteiger partial charge in [-0.25, -0.2) is 4.57 Å². The Hall–Kier alpha value is -3.70. The van der Waals surface area contributed by atoms with E-state index in [1.54, 1.807) is 0 Å². The Morgan fingerprint density at radius 2 is 1.61 bits per heavy atom. The number of pyridine rings is 1. The van der Waals surface area contributed by atoms with E-state index in [1.807, 2.05) is 24.6 Å². The van der Waals surface area contributed by atoms with E-state index >= 15 is 0 Å². The normalized spacial score (nSPS) is 14.6. The van der Waals surface area contributed by atoms with Crippen molar-refractivity contribution in [2.45, 2.75) is 32.7 Å². The van der Waals surface area contributed by atoms with Crippen molar-refractivity contribution >= 4 is 29.3 Å². The minimum absolute atomic E-state index is 0.0891. The topological polar surface area (TPSA) is 39.5 Å². The molecule has 38 heavy (non-hydrogen) atoms. The second-order valence-corrected chi connectivity index (χ2v) is 10.8. The largest absolute Gasteiger partial charge is 0.369 e. The summed E-state index contributed by atoms with van der Waals surface area (Å²) in [5.74, 6) is 0.0891. The number of piperazine rings is 1. The first-order valence-electron chi connectivity index (χ1n) is 13.5. The fourth-order valence-electron chi connectivity index (χ4n) is 4.76. The summed E-state index contributed by atoms with van der Waals surface area (Å²) in [6, 6.07) is 21.3. The molecule has 1 aliphatic heterocycles. The highest BCUT2D eigenvalue weighted by Crippen LogP contribution is 2.24. The molecule has 1 aliphatic rings. The van der Waals surface area contributed by atoms with Crippen LogP contribution in [0.1, 0.15) is 49.4 Å². The highest BCUT2D eigenvalue weighted by atomic mass is 16.1. The molecule has 0 atom stereocenters. The lowest BCUT2D eigenvalue weighted by molar-refractivity contribution is -0.671. The Kier molecular flexibility index (Phi) is 8.80. The third-order valence-electron chi connectivity index (χ3n) is 7.29. The number of benzene rings is 2. The molecular formula is C33H41N4O+. The van der Waals surface area contributed by atoms with Crippen LogP contribution in [-0.2, 0) is 17.4 Å². The predicted molar refractivity (Wildman–Crippen MR) is 159 cm³/mol. The summed E-state index contributed by atoms with van der Waals surface area (Å²) >= 11 is 0. The number of allylic oxidation sites excluding steroid dienone is 1. The molecule has 0 spiro atoms. The summed E-state index contributed by atoms with van der Waals surface area (Å²) in [6.45, 7) is 14.8. The average Bonchev–Trinajstić information content (AvgIpc) is 2.92. The van der Waals surface area contributed by atoms with Crippen LogP contribution in [0.2, 0.25) is 0 Å². The van der Waals surface area contributed by atoms with E-state index in [4.69, 9.17) is 0 Å². The van der Waals surface area contributed by atoms with Gasteiger partial charge < -0.3 is 10.2 Å². The maximum Gasteiger partial charge on any atom is 0.221 e. The summed E-state index contributed by atoms with van der Waals surface area (Å²) in [4.78, 5) is 17.6. The summed E-state index contributed by atoms with van der Waals surface area (Å²) in [7, 11) is 2.02. The highest BCUT2D eigenvalue weighted by molar-refractivity contribution is 5.77. The molecule has 1 saturated heterocycles. The van der Waals surface area contributed by atoms with Crippen LogP contribution >= 0.6 is 0 Å². The summed E-state index contributed by atoms with van der Waals surface area (Å²) in [5, 5.41) is 3.23. The number of amides is 1. The molecule has 0 aliphatic carbocycles. The summed E-state index contributed by atoms with van der Waals surface area (Å²) in [6.07, 6.45) is 8.91. The SMILES string of the molecule is C=C(C)c1cccc(C(C)(C)NC(=O)CCN2CCN(c3ccc(C=Cc4cc[n+](C)cc4)cc3)CC2)c1. The number of rotatable bonds is 9. The Labute approximate surface area is 228 Å². The molecule has 2 heterocycles. The van der Waals surface area contributed by atoms with Crippen LogP contribution in [0.4, 0.5) is 5.69 Å². The van der Waals surface area contributed by atoms with Gasteiger partial charge in [0.1, 0.15) is 7.05 Å². The van der Waals surface area contributed by atoms with Gasteiger partial charge in [0.2, 0.25) is 5.91 Å². The van der Waals surface area contributed by atoms with Crippen molar-refractivity contribution < 1.29 is 9.36 Å². The van der Waals surface area contributed by atoms with Crippen molar-refractivity contribution in [3.8, 4) is 0 Å². The molecule has 3 aromatic rings. The lowest BCUT2D eigenvalue weighted by atomic mass is 9.91. The number of carbonyl (C=O) groups is 1. The Bertz CT molecular complexity index is 1270. The number of nitrogens with zero attached hydrogens (tertiary/aromatic N) is 3. The zero-order valence-corrected chi connectivity index (χ0v) is 23.3. The highest BCUT2D eigenvalue weighted by Gasteiger charge is 2.24. The third-order valence-corrected chi connectivity index (χ3v) is 7.29. The van der Waals surface area contributed by atoms with Crippen molar-refractivity contribution in [2.75, 3.05) is 37.6 Å². The number of aromatic nitrogens is 1. The number of hydrogen-bond donors (Lipinski definition) is 1. The average molecular weight is 510 g/mol. The van der Waals surface area contributed by atoms with E-state index in [-0.39, 0.29) is 5.91 Å². The molecule has 4 rings (SSSR count). The van der Waals surface area contributed by atoms with Gasteiger partial charge in [-0.15, -0.1) is 0 Å². The summed E-state index contributed by atoms with van der Waals surface area (Å²) < 4.78 is 2.03. The molecule has 0 saturated carbocycles. The van der Waals surface area contributed by atoms with Crippen LogP contribution < -0.4 is 14.8 Å². The number of aryl methyl sites for hydroxylation is 1.